The molecule has 0 N–H and O–H groups in total. The van der Waals surface area contributed by atoms with Crippen molar-refractivity contribution in [3.63, 3.8) is 0 Å². The van der Waals surface area contributed by atoms with Crippen LogP contribution in [0.2, 0.25) is 0 Å². The van der Waals surface area contributed by atoms with E-state index >= 15 is 0 Å². The summed E-state index contributed by atoms with van der Waals surface area (Å²) >= 11 is 3.30. The zero-order chi connectivity index (χ0) is 10.4. The van der Waals surface area contributed by atoms with Crippen LogP contribution in [0.1, 0.15) is 34.1 Å². The number of carbonyl (C=O) groups excluding carboxylic acids is 1. The largest absolute Gasteiger partial charge is 0.342 e. The van der Waals surface area contributed by atoms with Gasteiger partial charge in [-0.15, -0.1) is 0 Å². The van der Waals surface area contributed by atoms with Gasteiger partial charge in [0.2, 0.25) is 5.91 Å². The Morgan fingerprint density at radius 1 is 1.38 bits per heavy atom. The van der Waals surface area contributed by atoms with Gasteiger partial charge in [-0.2, -0.15) is 0 Å². The second kappa shape index (κ2) is 6.41. The van der Waals surface area contributed by atoms with Crippen LogP contribution >= 0.6 is 15.9 Å². The Morgan fingerprint density at radius 3 is 2.23 bits per heavy atom. The molecule has 13 heavy (non-hydrogen) atoms. The standard InChI is InChI=1S/C10H20BrNO/c1-5-8(3)7-12(6-2)10(13)9(4)11/h8-9H,5-7H2,1-4H3. The molecule has 0 aliphatic carbocycles. The van der Waals surface area contributed by atoms with E-state index in [-0.39, 0.29) is 10.7 Å². The molecule has 0 aliphatic heterocycles. The van der Waals surface area contributed by atoms with Crippen LogP contribution in [-0.2, 0) is 4.79 Å². The number of hydrogen-bond donors (Lipinski definition) is 0. The van der Waals surface area contributed by atoms with Gasteiger partial charge in [0.15, 0.2) is 0 Å². The van der Waals surface area contributed by atoms with Crippen molar-refractivity contribution in [2.24, 2.45) is 5.92 Å². The summed E-state index contributed by atoms with van der Waals surface area (Å²) in [4.78, 5) is 13.5. The van der Waals surface area contributed by atoms with Crippen molar-refractivity contribution < 1.29 is 4.79 Å². The summed E-state index contributed by atoms with van der Waals surface area (Å²) in [6, 6.07) is 0. The summed E-state index contributed by atoms with van der Waals surface area (Å²) in [7, 11) is 0. The molecule has 0 bridgehead atoms. The molecule has 2 unspecified atom stereocenters. The summed E-state index contributed by atoms with van der Waals surface area (Å²) in [6.07, 6.45) is 1.13. The Labute approximate surface area is 89.8 Å². The van der Waals surface area contributed by atoms with E-state index in [1.165, 1.54) is 0 Å². The van der Waals surface area contributed by atoms with Gasteiger partial charge in [-0.1, -0.05) is 36.2 Å². The van der Waals surface area contributed by atoms with Gasteiger partial charge in [-0.05, 0) is 19.8 Å². The zero-order valence-corrected chi connectivity index (χ0v) is 10.6. The second-order valence-electron chi connectivity index (χ2n) is 3.51. The normalized spacial score (nSPS) is 15.2. The predicted octanol–water partition coefficient (Wildman–Crippen LogP) is 2.66. The van der Waals surface area contributed by atoms with Gasteiger partial charge >= 0.3 is 0 Å². The van der Waals surface area contributed by atoms with E-state index in [9.17, 15) is 4.79 Å². The molecule has 0 aliphatic rings. The third-order valence-corrected chi connectivity index (χ3v) is 2.65. The van der Waals surface area contributed by atoms with Gasteiger partial charge in [-0.3, -0.25) is 4.79 Å². The monoisotopic (exact) mass is 249 g/mol. The van der Waals surface area contributed by atoms with Crippen LogP contribution in [0.4, 0.5) is 0 Å². The first-order chi connectivity index (χ1) is 6.02. The average molecular weight is 250 g/mol. The van der Waals surface area contributed by atoms with E-state index in [4.69, 9.17) is 0 Å². The molecule has 0 saturated heterocycles. The summed E-state index contributed by atoms with van der Waals surface area (Å²) < 4.78 is 0. The first-order valence-corrected chi connectivity index (χ1v) is 5.87. The van der Waals surface area contributed by atoms with Crippen molar-refractivity contribution >= 4 is 21.8 Å². The Kier molecular flexibility index (Phi) is 6.39. The zero-order valence-electron chi connectivity index (χ0n) is 9.01. The topological polar surface area (TPSA) is 20.3 Å². The third-order valence-electron chi connectivity index (χ3n) is 2.26. The van der Waals surface area contributed by atoms with Gasteiger partial charge in [0, 0.05) is 13.1 Å². The molecule has 0 saturated carbocycles. The number of amides is 1. The lowest BCUT2D eigenvalue weighted by atomic mass is 10.1. The van der Waals surface area contributed by atoms with E-state index in [2.05, 4.69) is 29.8 Å². The van der Waals surface area contributed by atoms with Gasteiger partial charge in [0.25, 0.3) is 0 Å². The minimum Gasteiger partial charge on any atom is -0.342 e. The average Bonchev–Trinajstić information content (AvgIpc) is 2.12. The molecule has 1 amide bonds. The van der Waals surface area contributed by atoms with Crippen molar-refractivity contribution in [3.8, 4) is 0 Å². The molecule has 2 atom stereocenters. The molecule has 2 nitrogen and oxygen atoms in total. The summed E-state index contributed by atoms with van der Waals surface area (Å²) in [5.74, 6) is 0.790. The van der Waals surface area contributed by atoms with Gasteiger partial charge < -0.3 is 4.90 Å². The van der Waals surface area contributed by atoms with Crippen LogP contribution in [0.25, 0.3) is 0 Å². The lowest BCUT2D eigenvalue weighted by Gasteiger charge is -2.25. The highest BCUT2D eigenvalue weighted by molar-refractivity contribution is 9.10. The van der Waals surface area contributed by atoms with Gasteiger partial charge in [0.1, 0.15) is 0 Å². The molecule has 0 rings (SSSR count). The first kappa shape index (κ1) is 12.9. The Morgan fingerprint density at radius 2 is 1.92 bits per heavy atom. The highest BCUT2D eigenvalue weighted by Gasteiger charge is 2.17. The van der Waals surface area contributed by atoms with Crippen LogP contribution in [0, 0.1) is 5.92 Å². The lowest BCUT2D eigenvalue weighted by molar-refractivity contribution is -0.130. The molecule has 0 spiro atoms. The van der Waals surface area contributed by atoms with Crippen LogP contribution in [-0.4, -0.2) is 28.7 Å². The maximum Gasteiger partial charge on any atom is 0.236 e. The van der Waals surface area contributed by atoms with E-state index in [0.717, 1.165) is 19.5 Å². The Balaban J connectivity index is 4.10. The van der Waals surface area contributed by atoms with Crippen molar-refractivity contribution in [1.29, 1.82) is 0 Å². The summed E-state index contributed by atoms with van der Waals surface area (Å²) in [5, 5.41) is 0. The summed E-state index contributed by atoms with van der Waals surface area (Å²) in [5.41, 5.74) is 0. The number of rotatable bonds is 5. The van der Waals surface area contributed by atoms with Crippen LogP contribution in [0.3, 0.4) is 0 Å². The van der Waals surface area contributed by atoms with Gasteiger partial charge in [-0.25, -0.2) is 0 Å². The maximum atomic E-state index is 11.6. The number of alkyl halides is 1. The number of hydrogen-bond acceptors (Lipinski definition) is 1. The van der Waals surface area contributed by atoms with Crippen molar-refractivity contribution in [2.75, 3.05) is 13.1 Å². The van der Waals surface area contributed by atoms with Crippen LogP contribution in [0.15, 0.2) is 0 Å². The SMILES string of the molecule is CCC(C)CN(CC)C(=O)C(C)Br. The summed E-state index contributed by atoms with van der Waals surface area (Å²) in [6.45, 7) is 9.91. The fraction of sp³-hybridized carbons (Fsp3) is 0.900. The molecule has 78 valence electrons. The first-order valence-electron chi connectivity index (χ1n) is 4.95. The third kappa shape index (κ3) is 4.65. The van der Waals surface area contributed by atoms with Crippen molar-refractivity contribution in [3.05, 3.63) is 0 Å². The fourth-order valence-electron chi connectivity index (χ4n) is 1.13. The molecule has 3 heteroatoms. The molecular formula is C10H20BrNO. The highest BCUT2D eigenvalue weighted by Crippen LogP contribution is 2.09. The van der Waals surface area contributed by atoms with E-state index in [1.807, 2.05) is 18.7 Å². The van der Waals surface area contributed by atoms with Crippen LogP contribution < -0.4 is 0 Å². The molecule has 0 aromatic heterocycles. The van der Waals surface area contributed by atoms with E-state index in [0.29, 0.717) is 5.92 Å². The smallest absolute Gasteiger partial charge is 0.236 e. The van der Waals surface area contributed by atoms with Crippen LogP contribution in [0.5, 0.6) is 0 Å². The molecule has 0 aromatic carbocycles. The Bertz CT molecular complexity index is 159. The van der Waals surface area contributed by atoms with E-state index < -0.39 is 0 Å². The molecule has 0 fully saturated rings. The highest BCUT2D eigenvalue weighted by atomic mass is 79.9. The number of nitrogens with zero attached hydrogens (tertiary/aromatic N) is 1. The lowest BCUT2D eigenvalue weighted by Crippen LogP contribution is -2.38. The minimum absolute atomic E-state index is 0.0588. The maximum absolute atomic E-state index is 11.6. The molecule has 0 radical (unpaired) electrons. The number of halogens is 1. The second-order valence-corrected chi connectivity index (χ2v) is 4.88. The van der Waals surface area contributed by atoms with Crippen molar-refractivity contribution in [2.45, 2.75) is 38.9 Å². The molecule has 0 heterocycles. The van der Waals surface area contributed by atoms with Crippen molar-refractivity contribution in [1.82, 2.24) is 4.90 Å². The predicted molar refractivity (Wildman–Crippen MR) is 60.1 cm³/mol. The number of carbonyl (C=O) groups is 1. The molecule has 0 aromatic rings. The minimum atomic E-state index is -0.0588. The van der Waals surface area contributed by atoms with E-state index in [1.54, 1.807) is 0 Å². The molecular weight excluding hydrogens is 230 g/mol. The van der Waals surface area contributed by atoms with Gasteiger partial charge in [0.05, 0.1) is 4.83 Å². The Hall–Kier alpha value is -0.0500. The quantitative estimate of drug-likeness (QED) is 0.687. The fourth-order valence-corrected chi connectivity index (χ4v) is 1.42.